The lowest BCUT2D eigenvalue weighted by molar-refractivity contribution is -0.136. The molecule has 4 nitrogen and oxygen atoms in total. The minimum atomic E-state index is -0.218. The molecule has 2 heterocycles. The Morgan fingerprint density at radius 3 is 2.59 bits per heavy atom. The van der Waals surface area contributed by atoms with Gasteiger partial charge in [0.15, 0.2) is 5.76 Å². The summed E-state index contributed by atoms with van der Waals surface area (Å²) in [4.78, 5) is 24.2. The maximum absolute atomic E-state index is 12.4. The lowest BCUT2D eigenvalue weighted by atomic mass is 9.84. The van der Waals surface area contributed by atoms with Crippen molar-refractivity contribution in [2.75, 3.05) is 0 Å². The summed E-state index contributed by atoms with van der Waals surface area (Å²) in [6.45, 7) is 7.96. The van der Waals surface area contributed by atoms with Crippen LogP contribution < -0.4 is 9.47 Å². The molecule has 0 spiro atoms. The summed E-state index contributed by atoms with van der Waals surface area (Å²) < 4.78 is 11.2. The number of rotatable bonds is 2. The Balaban J connectivity index is 2.14. The first-order valence-electron chi connectivity index (χ1n) is 7.66. The standard InChI is InChI=1S/C18H20O4/c1-9(2)7-11-8-14(19)21-13-6-5-12-16(20)17(10(3)4)22-18(12)15(11)13/h5-6,9,11H,7-8H2,1-4H3/t11-/m1/s1. The van der Waals surface area contributed by atoms with Gasteiger partial charge in [-0.1, -0.05) is 13.8 Å². The molecule has 2 aliphatic rings. The summed E-state index contributed by atoms with van der Waals surface area (Å²) in [5.74, 6) is 1.68. The summed E-state index contributed by atoms with van der Waals surface area (Å²) in [5, 5.41) is 0. The van der Waals surface area contributed by atoms with Crippen LogP contribution in [0.4, 0.5) is 0 Å². The average molecular weight is 300 g/mol. The second-order valence-electron chi connectivity index (χ2n) is 6.62. The molecule has 0 fully saturated rings. The highest BCUT2D eigenvalue weighted by Gasteiger charge is 2.38. The SMILES string of the molecule is CC(C)=C1Oc2c(ccc3c2[C@H](CC(C)C)CC(=O)O3)C1=O. The summed E-state index contributed by atoms with van der Waals surface area (Å²) in [6, 6.07) is 3.41. The Labute approximate surface area is 130 Å². The molecule has 0 saturated carbocycles. The van der Waals surface area contributed by atoms with Gasteiger partial charge >= 0.3 is 5.97 Å². The molecule has 2 aliphatic heterocycles. The highest BCUT2D eigenvalue weighted by atomic mass is 16.5. The van der Waals surface area contributed by atoms with Crippen LogP contribution in [0.5, 0.6) is 11.5 Å². The van der Waals surface area contributed by atoms with E-state index in [-0.39, 0.29) is 17.7 Å². The fourth-order valence-electron chi connectivity index (χ4n) is 3.18. The second kappa shape index (κ2) is 5.27. The number of fused-ring (bicyclic) bond motifs is 3. The first kappa shape index (κ1) is 14.8. The van der Waals surface area contributed by atoms with E-state index in [1.807, 2.05) is 13.8 Å². The van der Waals surface area contributed by atoms with E-state index in [1.54, 1.807) is 12.1 Å². The summed E-state index contributed by atoms with van der Waals surface area (Å²) in [7, 11) is 0. The van der Waals surface area contributed by atoms with Gasteiger partial charge in [0.2, 0.25) is 5.78 Å². The zero-order valence-corrected chi connectivity index (χ0v) is 13.4. The zero-order valence-electron chi connectivity index (χ0n) is 13.4. The molecule has 22 heavy (non-hydrogen) atoms. The number of carbonyl (C=O) groups excluding carboxylic acids is 2. The van der Waals surface area contributed by atoms with E-state index >= 15 is 0 Å². The Hall–Kier alpha value is -2.10. The predicted molar refractivity (Wildman–Crippen MR) is 82.2 cm³/mol. The zero-order chi connectivity index (χ0) is 16.0. The molecule has 3 rings (SSSR count). The van der Waals surface area contributed by atoms with Crippen LogP contribution in [0, 0.1) is 5.92 Å². The van der Waals surface area contributed by atoms with Crippen LogP contribution in [0.25, 0.3) is 0 Å². The van der Waals surface area contributed by atoms with Gasteiger partial charge in [-0.3, -0.25) is 9.59 Å². The van der Waals surface area contributed by atoms with E-state index in [1.165, 1.54) is 0 Å². The number of hydrogen-bond donors (Lipinski definition) is 0. The van der Waals surface area contributed by atoms with Crippen LogP contribution in [0.15, 0.2) is 23.5 Å². The fraction of sp³-hybridized carbons (Fsp3) is 0.444. The first-order valence-corrected chi connectivity index (χ1v) is 7.66. The predicted octanol–water partition coefficient (Wildman–Crippen LogP) is 3.99. The Bertz CT molecular complexity index is 693. The van der Waals surface area contributed by atoms with Crippen LogP contribution in [0.1, 0.15) is 62.4 Å². The maximum Gasteiger partial charge on any atom is 0.311 e. The minimum Gasteiger partial charge on any atom is -0.452 e. The summed E-state index contributed by atoms with van der Waals surface area (Å²) in [5.41, 5.74) is 2.29. The van der Waals surface area contributed by atoms with Gasteiger partial charge in [0.1, 0.15) is 11.5 Å². The number of allylic oxidation sites excluding steroid dienone is 2. The van der Waals surface area contributed by atoms with Crippen LogP contribution in [-0.4, -0.2) is 11.8 Å². The van der Waals surface area contributed by atoms with Gasteiger partial charge in [0, 0.05) is 11.5 Å². The smallest absolute Gasteiger partial charge is 0.311 e. The van der Waals surface area contributed by atoms with Crippen molar-refractivity contribution < 1.29 is 19.1 Å². The van der Waals surface area contributed by atoms with Crippen molar-refractivity contribution in [3.8, 4) is 11.5 Å². The van der Waals surface area contributed by atoms with Crippen LogP contribution in [-0.2, 0) is 4.79 Å². The summed E-state index contributed by atoms with van der Waals surface area (Å²) >= 11 is 0. The third-order valence-corrected chi connectivity index (χ3v) is 4.07. The molecule has 1 atom stereocenters. The van der Waals surface area contributed by atoms with Gasteiger partial charge in [0.05, 0.1) is 12.0 Å². The molecule has 1 aromatic carbocycles. The molecule has 0 N–H and O–H groups in total. The fourth-order valence-corrected chi connectivity index (χ4v) is 3.18. The van der Waals surface area contributed by atoms with Crippen molar-refractivity contribution in [3.63, 3.8) is 0 Å². The maximum atomic E-state index is 12.4. The van der Waals surface area contributed by atoms with Gasteiger partial charge in [-0.2, -0.15) is 0 Å². The average Bonchev–Trinajstić information content (AvgIpc) is 2.75. The number of Topliss-reactive ketones (excluding diaryl/α,β-unsaturated/α-hetero) is 1. The molecule has 0 amide bonds. The highest BCUT2D eigenvalue weighted by Crippen LogP contribution is 2.48. The quantitative estimate of drug-likeness (QED) is 0.471. The van der Waals surface area contributed by atoms with E-state index < -0.39 is 0 Å². The van der Waals surface area contributed by atoms with Gasteiger partial charge in [0.25, 0.3) is 0 Å². The van der Waals surface area contributed by atoms with Crippen LogP contribution in [0.2, 0.25) is 0 Å². The van der Waals surface area contributed by atoms with Gasteiger partial charge < -0.3 is 9.47 Å². The molecule has 0 bridgehead atoms. The van der Waals surface area contributed by atoms with E-state index in [0.717, 1.165) is 17.6 Å². The summed E-state index contributed by atoms with van der Waals surface area (Å²) in [6.07, 6.45) is 1.20. The number of carbonyl (C=O) groups is 2. The Morgan fingerprint density at radius 1 is 1.23 bits per heavy atom. The number of esters is 1. The van der Waals surface area contributed by atoms with Gasteiger partial charge in [-0.25, -0.2) is 0 Å². The third kappa shape index (κ3) is 2.32. The molecule has 116 valence electrons. The molecule has 4 heteroatoms. The lowest BCUT2D eigenvalue weighted by Crippen LogP contribution is -2.21. The number of benzene rings is 1. The van der Waals surface area contributed by atoms with Gasteiger partial charge in [-0.05, 0) is 43.9 Å². The van der Waals surface area contributed by atoms with Crippen molar-refractivity contribution in [1.82, 2.24) is 0 Å². The number of ketones is 1. The third-order valence-electron chi connectivity index (χ3n) is 4.07. The highest BCUT2D eigenvalue weighted by molar-refractivity contribution is 6.13. The van der Waals surface area contributed by atoms with E-state index in [2.05, 4.69) is 13.8 Å². The molecule has 0 radical (unpaired) electrons. The Morgan fingerprint density at radius 2 is 1.95 bits per heavy atom. The van der Waals surface area contributed by atoms with Crippen molar-refractivity contribution >= 4 is 11.8 Å². The normalized spacial score (nSPS) is 19.7. The van der Waals surface area contributed by atoms with E-state index in [9.17, 15) is 9.59 Å². The monoisotopic (exact) mass is 300 g/mol. The minimum absolute atomic E-state index is 0.0375. The van der Waals surface area contributed by atoms with Crippen LogP contribution in [0.3, 0.4) is 0 Å². The van der Waals surface area contributed by atoms with E-state index in [4.69, 9.17) is 9.47 Å². The molecule has 0 aliphatic carbocycles. The van der Waals surface area contributed by atoms with Crippen molar-refractivity contribution in [3.05, 3.63) is 34.6 Å². The lowest BCUT2D eigenvalue weighted by Gasteiger charge is -2.27. The van der Waals surface area contributed by atoms with Crippen molar-refractivity contribution in [2.45, 2.75) is 46.5 Å². The molecule has 0 unspecified atom stereocenters. The largest absolute Gasteiger partial charge is 0.452 e. The molecular formula is C18H20O4. The molecular weight excluding hydrogens is 280 g/mol. The van der Waals surface area contributed by atoms with Crippen molar-refractivity contribution in [2.24, 2.45) is 5.92 Å². The van der Waals surface area contributed by atoms with Gasteiger partial charge in [-0.15, -0.1) is 0 Å². The molecule has 1 aromatic rings. The molecule has 0 saturated heterocycles. The second-order valence-corrected chi connectivity index (χ2v) is 6.62. The van der Waals surface area contributed by atoms with Crippen LogP contribution >= 0.6 is 0 Å². The topological polar surface area (TPSA) is 52.6 Å². The Kier molecular flexibility index (Phi) is 3.55. The number of ether oxygens (including phenoxy) is 2. The van der Waals surface area contributed by atoms with Crippen molar-refractivity contribution in [1.29, 1.82) is 0 Å². The first-order chi connectivity index (χ1) is 10.4. The molecule has 0 aromatic heterocycles. The number of hydrogen-bond acceptors (Lipinski definition) is 4. The van der Waals surface area contributed by atoms with E-state index in [0.29, 0.717) is 35.2 Å².